The number of halogens is 5. The van der Waals surface area contributed by atoms with Gasteiger partial charge in [0.15, 0.2) is 11.6 Å². The highest BCUT2D eigenvalue weighted by Gasteiger charge is 2.33. The molecule has 3 rings (SSSR count). The van der Waals surface area contributed by atoms with E-state index in [0.717, 1.165) is 12.1 Å². The molecule has 0 aliphatic carbocycles. The summed E-state index contributed by atoms with van der Waals surface area (Å²) in [5.41, 5.74) is -1.49. The fourth-order valence-electron chi connectivity index (χ4n) is 2.63. The van der Waals surface area contributed by atoms with Crippen molar-refractivity contribution < 1.29 is 31.5 Å². The summed E-state index contributed by atoms with van der Waals surface area (Å²) in [5, 5.41) is 2.35. The Balaban J connectivity index is 2.02. The van der Waals surface area contributed by atoms with Gasteiger partial charge in [-0.15, -0.1) is 13.2 Å². The number of alkyl halides is 3. The average molecular weight is 425 g/mol. The summed E-state index contributed by atoms with van der Waals surface area (Å²) in [6.45, 7) is 0. The van der Waals surface area contributed by atoms with Crippen LogP contribution in [0.5, 0.6) is 5.75 Å². The number of hydrogen-bond acceptors (Lipinski definition) is 4. The van der Waals surface area contributed by atoms with Crippen molar-refractivity contribution in [2.75, 3.05) is 0 Å². The molecule has 156 valence electrons. The predicted molar refractivity (Wildman–Crippen MR) is 93.6 cm³/mol. The molecule has 0 spiro atoms. The zero-order chi connectivity index (χ0) is 21.9. The molecular weight excluding hydrogens is 413 g/mol. The van der Waals surface area contributed by atoms with E-state index in [1.54, 1.807) is 0 Å². The molecule has 30 heavy (non-hydrogen) atoms. The number of benzene rings is 1. The maximum Gasteiger partial charge on any atom is 0.573 e. The van der Waals surface area contributed by atoms with Crippen molar-refractivity contribution >= 4 is 5.91 Å². The van der Waals surface area contributed by atoms with Gasteiger partial charge < -0.3 is 15.0 Å². The number of rotatable bonds is 5. The molecule has 3 aromatic rings. The van der Waals surface area contributed by atoms with Crippen LogP contribution in [0.1, 0.15) is 27.7 Å². The van der Waals surface area contributed by atoms with Gasteiger partial charge >= 0.3 is 6.36 Å². The zero-order valence-electron chi connectivity index (χ0n) is 14.8. The summed E-state index contributed by atoms with van der Waals surface area (Å²) in [6, 6.07) is 5.85. The number of carbonyl (C=O) groups excluding carboxylic acids is 1. The highest BCUT2D eigenvalue weighted by molar-refractivity contribution is 5.94. The van der Waals surface area contributed by atoms with E-state index in [9.17, 15) is 31.5 Å². The second kappa shape index (κ2) is 8.31. The second-order valence-electron chi connectivity index (χ2n) is 5.93. The predicted octanol–water partition coefficient (Wildman–Crippen LogP) is 3.47. The maximum atomic E-state index is 14.3. The molecule has 2 heterocycles. The third-order valence-corrected chi connectivity index (χ3v) is 3.91. The van der Waals surface area contributed by atoms with Crippen LogP contribution in [-0.4, -0.2) is 22.2 Å². The topological polar surface area (TPSA) is 84.1 Å². The molecule has 1 unspecified atom stereocenters. The number of carbonyl (C=O) groups is 1. The van der Waals surface area contributed by atoms with Crippen LogP contribution in [0.15, 0.2) is 59.7 Å². The minimum atomic E-state index is -5.11. The van der Waals surface area contributed by atoms with Crippen LogP contribution in [0, 0.1) is 11.6 Å². The number of nitrogens with zero attached hydrogens (tertiary/aromatic N) is 1. The number of H-pyrrole nitrogens is 1. The first-order valence-electron chi connectivity index (χ1n) is 8.30. The van der Waals surface area contributed by atoms with E-state index in [1.165, 1.54) is 30.6 Å². The Morgan fingerprint density at radius 2 is 1.87 bits per heavy atom. The molecule has 1 amide bonds. The van der Waals surface area contributed by atoms with Crippen molar-refractivity contribution in [3.63, 3.8) is 0 Å². The summed E-state index contributed by atoms with van der Waals surface area (Å²) in [5.74, 6) is -4.28. The largest absolute Gasteiger partial charge is 0.573 e. The van der Waals surface area contributed by atoms with Crippen LogP contribution in [-0.2, 0) is 0 Å². The molecule has 0 aliphatic heterocycles. The van der Waals surface area contributed by atoms with Crippen molar-refractivity contribution in [3.05, 3.63) is 93.7 Å². The number of pyridine rings is 2. The van der Waals surface area contributed by atoms with E-state index in [-0.39, 0.29) is 16.8 Å². The molecule has 0 saturated carbocycles. The second-order valence-corrected chi connectivity index (χ2v) is 5.93. The molecule has 0 saturated heterocycles. The number of aromatic nitrogens is 2. The molecule has 1 atom stereocenters. The smallest absolute Gasteiger partial charge is 0.403 e. The number of ether oxygens (including phenoxy) is 1. The van der Waals surface area contributed by atoms with Crippen LogP contribution >= 0.6 is 0 Å². The van der Waals surface area contributed by atoms with Crippen molar-refractivity contribution in [2.24, 2.45) is 0 Å². The molecule has 0 bridgehead atoms. The third-order valence-electron chi connectivity index (χ3n) is 3.91. The summed E-state index contributed by atoms with van der Waals surface area (Å²) in [6.07, 6.45) is -2.61. The van der Waals surface area contributed by atoms with E-state index >= 15 is 0 Å². The molecular formula is C19H12F5N3O3. The summed E-state index contributed by atoms with van der Waals surface area (Å²) < 4.78 is 69.1. The fraction of sp³-hybridized carbons (Fsp3) is 0.105. The first-order valence-corrected chi connectivity index (χ1v) is 8.30. The number of hydrogen-bond donors (Lipinski definition) is 2. The molecule has 0 radical (unpaired) electrons. The molecule has 2 aromatic heterocycles. The van der Waals surface area contributed by atoms with Gasteiger partial charge in [-0.25, -0.2) is 8.78 Å². The van der Waals surface area contributed by atoms with Crippen molar-refractivity contribution in [1.82, 2.24) is 15.3 Å². The van der Waals surface area contributed by atoms with E-state index in [4.69, 9.17) is 0 Å². The minimum absolute atomic E-state index is 0.125. The molecule has 6 nitrogen and oxygen atoms in total. The number of nitrogens with one attached hydrogen (secondary N) is 2. The lowest BCUT2D eigenvalue weighted by Gasteiger charge is -2.20. The zero-order valence-corrected chi connectivity index (χ0v) is 14.8. The lowest BCUT2D eigenvalue weighted by atomic mass is 10.0. The molecule has 1 aromatic carbocycles. The third kappa shape index (κ3) is 4.80. The van der Waals surface area contributed by atoms with Crippen molar-refractivity contribution in [2.45, 2.75) is 12.4 Å². The lowest BCUT2D eigenvalue weighted by molar-refractivity contribution is -0.275. The van der Waals surface area contributed by atoms with E-state index in [2.05, 4.69) is 20.0 Å². The van der Waals surface area contributed by atoms with Gasteiger partial charge in [0.05, 0.1) is 6.04 Å². The first kappa shape index (κ1) is 21.0. The normalized spacial score (nSPS) is 12.3. The van der Waals surface area contributed by atoms with Crippen LogP contribution in [0.4, 0.5) is 22.0 Å². The summed E-state index contributed by atoms with van der Waals surface area (Å²) >= 11 is 0. The van der Waals surface area contributed by atoms with Gasteiger partial charge in [-0.3, -0.25) is 14.6 Å². The monoisotopic (exact) mass is 425 g/mol. The molecule has 2 N–H and O–H groups in total. The quantitative estimate of drug-likeness (QED) is 0.614. The van der Waals surface area contributed by atoms with Gasteiger partial charge in [-0.1, -0.05) is 6.07 Å². The molecule has 11 heteroatoms. The number of aromatic amines is 1. The van der Waals surface area contributed by atoms with E-state index in [0.29, 0.717) is 12.1 Å². The fourth-order valence-corrected chi connectivity index (χ4v) is 2.63. The Morgan fingerprint density at radius 3 is 2.50 bits per heavy atom. The summed E-state index contributed by atoms with van der Waals surface area (Å²) in [7, 11) is 0. The standard InChI is InChI=1S/C19H12F5N3O3/c20-12-4-2-7-25-16(12)15(27-18(29)11-3-1-8-26-17(11)28)10-5-6-14(13(21)9-10)30-19(22,23)24/h1-9,15H,(H,26,28)(H,27,29). The first-order chi connectivity index (χ1) is 14.2. The van der Waals surface area contributed by atoms with Crippen LogP contribution in [0.2, 0.25) is 0 Å². The lowest BCUT2D eigenvalue weighted by Crippen LogP contribution is -2.34. The number of amides is 1. The van der Waals surface area contributed by atoms with Gasteiger partial charge in [0, 0.05) is 12.4 Å². The van der Waals surface area contributed by atoms with Gasteiger partial charge in [-0.05, 0) is 42.0 Å². The Bertz CT molecular complexity index is 1130. The minimum Gasteiger partial charge on any atom is -0.403 e. The Morgan fingerprint density at radius 1 is 1.10 bits per heavy atom. The van der Waals surface area contributed by atoms with Gasteiger partial charge in [0.25, 0.3) is 11.5 Å². The highest BCUT2D eigenvalue weighted by atomic mass is 19.4. The van der Waals surface area contributed by atoms with Crippen LogP contribution in [0.3, 0.4) is 0 Å². The van der Waals surface area contributed by atoms with Crippen LogP contribution in [0.25, 0.3) is 0 Å². The SMILES string of the molecule is O=C(NC(c1ccc(OC(F)(F)F)c(F)c1)c1ncccc1F)c1ccc[nH]c1=O. The van der Waals surface area contributed by atoms with E-state index < -0.39 is 41.3 Å². The van der Waals surface area contributed by atoms with Gasteiger partial charge in [0.2, 0.25) is 0 Å². The summed E-state index contributed by atoms with van der Waals surface area (Å²) in [4.78, 5) is 30.5. The van der Waals surface area contributed by atoms with Gasteiger partial charge in [0.1, 0.15) is 17.1 Å². The Kier molecular flexibility index (Phi) is 5.81. The van der Waals surface area contributed by atoms with Crippen LogP contribution < -0.4 is 15.6 Å². The maximum absolute atomic E-state index is 14.3. The van der Waals surface area contributed by atoms with Crippen molar-refractivity contribution in [3.8, 4) is 5.75 Å². The Labute approximate surface area is 165 Å². The average Bonchev–Trinajstić information content (AvgIpc) is 2.68. The molecule has 0 fully saturated rings. The molecule has 0 aliphatic rings. The Hall–Kier alpha value is -3.76. The van der Waals surface area contributed by atoms with Gasteiger partial charge in [-0.2, -0.15) is 0 Å². The van der Waals surface area contributed by atoms with E-state index in [1.807, 2.05) is 0 Å². The highest BCUT2D eigenvalue weighted by Crippen LogP contribution is 2.30. The van der Waals surface area contributed by atoms with Crippen molar-refractivity contribution in [1.29, 1.82) is 0 Å².